The van der Waals surface area contributed by atoms with E-state index in [1.54, 1.807) is 4.90 Å². The molecule has 0 aromatic heterocycles. The number of amides is 1. The number of ether oxygens (including phenoxy) is 1. The van der Waals surface area contributed by atoms with E-state index in [1.165, 1.54) is 25.7 Å². The molecule has 0 saturated heterocycles. The van der Waals surface area contributed by atoms with E-state index in [-0.39, 0.29) is 6.09 Å². The van der Waals surface area contributed by atoms with Crippen LogP contribution in [0.5, 0.6) is 0 Å². The summed E-state index contributed by atoms with van der Waals surface area (Å²) in [5, 5.41) is 3.65. The molecule has 0 spiro atoms. The summed E-state index contributed by atoms with van der Waals surface area (Å²) in [7, 11) is 0. The van der Waals surface area contributed by atoms with Gasteiger partial charge in [0.1, 0.15) is 5.60 Å². The number of carbonyl (C=O) groups is 1. The van der Waals surface area contributed by atoms with Gasteiger partial charge in [0.15, 0.2) is 0 Å². The topological polar surface area (TPSA) is 41.6 Å². The Kier molecular flexibility index (Phi) is 7.17. The lowest BCUT2D eigenvalue weighted by Crippen LogP contribution is -2.39. The minimum Gasteiger partial charge on any atom is -0.444 e. The molecule has 1 N–H and O–H groups in total. The molecule has 0 heterocycles. The van der Waals surface area contributed by atoms with E-state index < -0.39 is 5.60 Å². The van der Waals surface area contributed by atoms with Crippen LogP contribution in [0.4, 0.5) is 4.79 Å². The first-order valence-electron chi connectivity index (χ1n) is 8.84. The molecule has 1 aliphatic rings. The Morgan fingerprint density at radius 3 is 2.36 bits per heavy atom. The first kappa shape index (κ1) is 19.3. The maximum atomic E-state index is 12.0. The van der Waals surface area contributed by atoms with E-state index in [9.17, 15) is 4.79 Å². The predicted octanol–water partition coefficient (Wildman–Crippen LogP) is 4.19. The molecule has 0 aromatic rings. The van der Waals surface area contributed by atoms with E-state index in [4.69, 9.17) is 4.74 Å². The smallest absolute Gasteiger partial charge is 0.410 e. The summed E-state index contributed by atoms with van der Waals surface area (Å²) in [5.41, 5.74) is 0.103. The average molecular weight is 312 g/mol. The number of hydrogen-bond donors (Lipinski definition) is 1. The van der Waals surface area contributed by atoms with Gasteiger partial charge in [0.25, 0.3) is 0 Å². The fraction of sp³-hybridized carbons (Fsp3) is 0.944. The maximum Gasteiger partial charge on any atom is 0.410 e. The number of carbonyl (C=O) groups excluding carboxylic acids is 1. The van der Waals surface area contributed by atoms with Crippen molar-refractivity contribution >= 4 is 6.09 Å². The third kappa shape index (κ3) is 7.48. The number of hydrogen-bond acceptors (Lipinski definition) is 3. The Labute approximate surface area is 137 Å². The molecule has 1 rings (SSSR count). The van der Waals surface area contributed by atoms with Crippen LogP contribution >= 0.6 is 0 Å². The van der Waals surface area contributed by atoms with Gasteiger partial charge in [0.05, 0.1) is 0 Å². The molecule has 0 atom stereocenters. The summed E-state index contributed by atoms with van der Waals surface area (Å²) < 4.78 is 5.43. The molecule has 1 fully saturated rings. The summed E-state index contributed by atoms with van der Waals surface area (Å²) in [6, 6.07) is 0.657. The largest absolute Gasteiger partial charge is 0.444 e. The van der Waals surface area contributed by atoms with Gasteiger partial charge in [0.2, 0.25) is 0 Å². The van der Waals surface area contributed by atoms with Crippen molar-refractivity contribution in [2.75, 3.05) is 19.6 Å². The SMILES string of the molecule is CCN(CCCNC1CCC(C)(C)CC1)C(=O)OC(C)(C)C. The molecule has 0 radical (unpaired) electrons. The van der Waals surface area contributed by atoms with Crippen molar-refractivity contribution in [3.63, 3.8) is 0 Å². The Hall–Kier alpha value is -0.770. The van der Waals surface area contributed by atoms with Crippen LogP contribution in [0.1, 0.15) is 73.6 Å². The highest BCUT2D eigenvalue weighted by molar-refractivity contribution is 5.68. The maximum absolute atomic E-state index is 12.0. The van der Waals surface area contributed by atoms with Crippen molar-refractivity contribution in [2.24, 2.45) is 5.41 Å². The Morgan fingerprint density at radius 2 is 1.86 bits per heavy atom. The summed E-state index contributed by atoms with van der Waals surface area (Å²) >= 11 is 0. The van der Waals surface area contributed by atoms with Crippen LogP contribution in [0.15, 0.2) is 0 Å². The van der Waals surface area contributed by atoms with Gasteiger partial charge in [-0.1, -0.05) is 13.8 Å². The van der Waals surface area contributed by atoms with Gasteiger partial charge in [-0.15, -0.1) is 0 Å². The van der Waals surface area contributed by atoms with E-state index >= 15 is 0 Å². The Bertz CT molecular complexity index is 337. The summed E-state index contributed by atoms with van der Waals surface area (Å²) in [6.07, 6.45) is 5.95. The van der Waals surface area contributed by atoms with Crippen molar-refractivity contribution < 1.29 is 9.53 Å². The highest BCUT2D eigenvalue weighted by atomic mass is 16.6. The molecule has 130 valence electrons. The van der Waals surface area contributed by atoms with Crippen molar-refractivity contribution in [1.29, 1.82) is 0 Å². The zero-order valence-corrected chi connectivity index (χ0v) is 15.5. The van der Waals surface area contributed by atoms with Crippen molar-refractivity contribution in [3.8, 4) is 0 Å². The molecule has 1 amide bonds. The lowest BCUT2D eigenvalue weighted by Gasteiger charge is -2.34. The van der Waals surface area contributed by atoms with Gasteiger partial charge in [-0.25, -0.2) is 4.79 Å². The third-order valence-electron chi connectivity index (χ3n) is 4.41. The Morgan fingerprint density at radius 1 is 1.27 bits per heavy atom. The van der Waals surface area contributed by atoms with Gasteiger partial charge in [-0.3, -0.25) is 0 Å². The van der Waals surface area contributed by atoms with Crippen molar-refractivity contribution in [2.45, 2.75) is 85.3 Å². The van der Waals surface area contributed by atoms with Gasteiger partial charge < -0.3 is 15.0 Å². The van der Waals surface area contributed by atoms with Crippen molar-refractivity contribution in [1.82, 2.24) is 10.2 Å². The molecule has 0 aromatic carbocycles. The standard InChI is InChI=1S/C18H36N2O2/c1-7-20(16(21)22-17(2,3)4)14-8-13-19-15-9-11-18(5,6)12-10-15/h15,19H,7-14H2,1-6H3. The van der Waals surface area contributed by atoms with Crippen LogP contribution in [0.3, 0.4) is 0 Å². The van der Waals surface area contributed by atoms with Gasteiger partial charge in [0, 0.05) is 19.1 Å². The second-order valence-corrected chi connectivity index (χ2v) is 8.31. The zero-order valence-electron chi connectivity index (χ0n) is 15.5. The zero-order chi connectivity index (χ0) is 16.8. The molecule has 22 heavy (non-hydrogen) atoms. The first-order chi connectivity index (χ1) is 10.1. The molecule has 0 bridgehead atoms. The van der Waals surface area contributed by atoms with Gasteiger partial charge >= 0.3 is 6.09 Å². The van der Waals surface area contributed by atoms with Gasteiger partial charge in [-0.2, -0.15) is 0 Å². The monoisotopic (exact) mass is 312 g/mol. The molecule has 4 heteroatoms. The first-order valence-corrected chi connectivity index (χ1v) is 8.84. The van der Waals surface area contributed by atoms with Crippen LogP contribution < -0.4 is 5.32 Å². The van der Waals surface area contributed by atoms with Crippen LogP contribution in [-0.2, 0) is 4.74 Å². The number of rotatable bonds is 6. The molecule has 0 aliphatic heterocycles. The summed E-state index contributed by atoms with van der Waals surface area (Å²) in [6.45, 7) is 14.9. The van der Waals surface area contributed by atoms with Crippen LogP contribution in [-0.4, -0.2) is 42.3 Å². The summed E-state index contributed by atoms with van der Waals surface area (Å²) in [4.78, 5) is 13.8. The highest BCUT2D eigenvalue weighted by Crippen LogP contribution is 2.34. The summed E-state index contributed by atoms with van der Waals surface area (Å²) in [5.74, 6) is 0. The van der Waals surface area contributed by atoms with Crippen LogP contribution in [0.2, 0.25) is 0 Å². The fourth-order valence-corrected chi connectivity index (χ4v) is 2.88. The van der Waals surface area contributed by atoms with E-state index in [0.717, 1.165) is 19.5 Å². The van der Waals surface area contributed by atoms with Crippen molar-refractivity contribution in [3.05, 3.63) is 0 Å². The molecular weight excluding hydrogens is 276 g/mol. The second-order valence-electron chi connectivity index (χ2n) is 8.31. The van der Waals surface area contributed by atoms with E-state index in [1.807, 2.05) is 27.7 Å². The predicted molar refractivity (Wildman–Crippen MR) is 92.1 cm³/mol. The number of nitrogens with one attached hydrogen (secondary N) is 1. The molecule has 1 aliphatic carbocycles. The van der Waals surface area contributed by atoms with E-state index in [0.29, 0.717) is 18.0 Å². The average Bonchev–Trinajstić information content (AvgIpc) is 2.38. The molecule has 0 unspecified atom stereocenters. The van der Waals surface area contributed by atoms with Gasteiger partial charge in [-0.05, 0) is 71.8 Å². The molecular formula is C18H36N2O2. The molecule has 1 saturated carbocycles. The molecule has 4 nitrogen and oxygen atoms in total. The minimum absolute atomic E-state index is 0.200. The third-order valence-corrected chi connectivity index (χ3v) is 4.41. The Balaban J connectivity index is 2.21. The lowest BCUT2D eigenvalue weighted by molar-refractivity contribution is 0.0258. The minimum atomic E-state index is -0.419. The lowest BCUT2D eigenvalue weighted by atomic mass is 9.75. The fourth-order valence-electron chi connectivity index (χ4n) is 2.88. The van der Waals surface area contributed by atoms with Crippen LogP contribution in [0, 0.1) is 5.41 Å². The quantitative estimate of drug-likeness (QED) is 0.748. The highest BCUT2D eigenvalue weighted by Gasteiger charge is 2.26. The van der Waals surface area contributed by atoms with E-state index in [2.05, 4.69) is 19.2 Å². The normalized spacial score (nSPS) is 19.0. The second kappa shape index (κ2) is 8.19. The number of nitrogens with zero attached hydrogens (tertiary/aromatic N) is 1. The van der Waals surface area contributed by atoms with Crippen LogP contribution in [0.25, 0.3) is 0 Å².